The Morgan fingerprint density at radius 3 is 2.36 bits per heavy atom. The molecule has 5 heteroatoms. The van der Waals surface area contributed by atoms with Crippen molar-refractivity contribution in [2.75, 3.05) is 5.43 Å². The molecule has 25 heavy (non-hydrogen) atoms. The van der Waals surface area contributed by atoms with E-state index in [0.29, 0.717) is 23.2 Å². The highest BCUT2D eigenvalue weighted by molar-refractivity contribution is 6.35. The van der Waals surface area contributed by atoms with Gasteiger partial charge in [-0.1, -0.05) is 65.7 Å². The minimum absolute atomic E-state index is 0.388. The number of para-hydroxylation sites is 2. The number of benzene rings is 3. The van der Waals surface area contributed by atoms with E-state index >= 15 is 0 Å². The summed E-state index contributed by atoms with van der Waals surface area (Å²) in [6.45, 7) is 1.01. The predicted molar refractivity (Wildman–Crippen MR) is 104 cm³/mol. The van der Waals surface area contributed by atoms with E-state index in [4.69, 9.17) is 27.9 Å². The van der Waals surface area contributed by atoms with Crippen molar-refractivity contribution in [2.24, 2.45) is 0 Å². The van der Waals surface area contributed by atoms with E-state index in [9.17, 15) is 0 Å². The summed E-state index contributed by atoms with van der Waals surface area (Å²) >= 11 is 12.1. The van der Waals surface area contributed by atoms with Gasteiger partial charge in [0.05, 0.1) is 0 Å². The Kier molecular flexibility index (Phi) is 6.18. The van der Waals surface area contributed by atoms with Gasteiger partial charge in [-0.05, 0) is 30.3 Å². The zero-order valence-electron chi connectivity index (χ0n) is 13.5. The summed E-state index contributed by atoms with van der Waals surface area (Å²) in [6.07, 6.45) is 0. The predicted octanol–water partition coefficient (Wildman–Crippen LogP) is 5.69. The molecular weight excluding hydrogens is 355 g/mol. The lowest BCUT2D eigenvalue weighted by atomic mass is 10.2. The minimum atomic E-state index is 0.388. The Hall–Kier alpha value is -2.20. The zero-order valence-corrected chi connectivity index (χ0v) is 15.0. The molecule has 0 fully saturated rings. The highest BCUT2D eigenvalue weighted by Gasteiger charge is 2.06. The molecule has 0 saturated heterocycles. The van der Waals surface area contributed by atoms with Gasteiger partial charge in [-0.3, -0.25) is 0 Å². The van der Waals surface area contributed by atoms with E-state index < -0.39 is 0 Å². The van der Waals surface area contributed by atoms with Crippen molar-refractivity contribution in [1.82, 2.24) is 5.43 Å². The lowest BCUT2D eigenvalue weighted by Crippen LogP contribution is -2.21. The van der Waals surface area contributed by atoms with Crippen LogP contribution in [0.5, 0.6) is 5.75 Å². The molecule has 0 aliphatic heterocycles. The quantitative estimate of drug-likeness (QED) is 0.522. The van der Waals surface area contributed by atoms with E-state index in [1.165, 1.54) is 0 Å². The molecule has 3 nitrogen and oxygen atoms in total. The maximum Gasteiger partial charge on any atom is 0.124 e. The van der Waals surface area contributed by atoms with E-state index in [-0.39, 0.29) is 0 Å². The van der Waals surface area contributed by atoms with Crippen LogP contribution in [0.25, 0.3) is 0 Å². The number of nitrogens with one attached hydrogen (secondary N) is 2. The third kappa shape index (κ3) is 5.13. The van der Waals surface area contributed by atoms with Gasteiger partial charge in [0.2, 0.25) is 0 Å². The second kappa shape index (κ2) is 8.77. The first-order valence-electron chi connectivity index (χ1n) is 7.91. The van der Waals surface area contributed by atoms with Crippen LogP contribution in [0.4, 0.5) is 5.69 Å². The molecule has 0 aliphatic carbocycles. The van der Waals surface area contributed by atoms with Crippen LogP contribution in [0, 0.1) is 0 Å². The van der Waals surface area contributed by atoms with Gasteiger partial charge in [-0.15, -0.1) is 0 Å². The summed E-state index contributed by atoms with van der Waals surface area (Å²) in [5, 5.41) is 1.22. The van der Waals surface area contributed by atoms with Gasteiger partial charge in [-0.25, -0.2) is 5.43 Å². The molecular formula is C20H18Cl2N2O. The summed E-state index contributed by atoms with van der Waals surface area (Å²) in [7, 11) is 0. The van der Waals surface area contributed by atoms with Gasteiger partial charge in [0.1, 0.15) is 12.4 Å². The monoisotopic (exact) mass is 372 g/mol. The van der Waals surface area contributed by atoms with E-state index in [1.54, 1.807) is 6.07 Å². The first-order chi connectivity index (χ1) is 12.2. The van der Waals surface area contributed by atoms with Gasteiger partial charge in [0.25, 0.3) is 0 Å². The average Bonchev–Trinajstić information content (AvgIpc) is 2.63. The molecule has 0 amide bonds. The van der Waals surface area contributed by atoms with Gasteiger partial charge >= 0.3 is 0 Å². The SMILES string of the molecule is Clc1ccc(COc2ccccc2CNNc2ccccc2)c(Cl)c1. The van der Waals surface area contributed by atoms with E-state index in [1.807, 2.05) is 66.7 Å². The Morgan fingerprint density at radius 1 is 0.800 bits per heavy atom. The first-order valence-corrected chi connectivity index (χ1v) is 8.66. The van der Waals surface area contributed by atoms with Gasteiger partial charge in [0.15, 0.2) is 0 Å². The van der Waals surface area contributed by atoms with Crippen LogP contribution in [0.15, 0.2) is 72.8 Å². The topological polar surface area (TPSA) is 33.3 Å². The van der Waals surface area contributed by atoms with Gasteiger partial charge in [-0.2, -0.15) is 0 Å². The third-order valence-electron chi connectivity index (χ3n) is 3.66. The van der Waals surface area contributed by atoms with Crippen molar-refractivity contribution < 1.29 is 4.74 Å². The molecule has 128 valence electrons. The summed E-state index contributed by atoms with van der Waals surface area (Å²) in [4.78, 5) is 0. The number of rotatable bonds is 7. The summed E-state index contributed by atoms with van der Waals surface area (Å²) in [6, 6.07) is 23.3. The molecule has 0 saturated carbocycles. The number of ether oxygens (including phenoxy) is 1. The van der Waals surface area contributed by atoms with Crippen LogP contribution < -0.4 is 15.6 Å². The van der Waals surface area contributed by atoms with Crippen LogP contribution in [0.3, 0.4) is 0 Å². The number of hydrazine groups is 1. The van der Waals surface area contributed by atoms with Crippen LogP contribution in [0.2, 0.25) is 10.0 Å². The van der Waals surface area contributed by atoms with Crippen LogP contribution in [0.1, 0.15) is 11.1 Å². The lowest BCUT2D eigenvalue weighted by molar-refractivity contribution is 0.302. The number of hydrogen-bond donors (Lipinski definition) is 2. The fourth-order valence-electron chi connectivity index (χ4n) is 2.35. The first kappa shape index (κ1) is 17.6. The van der Waals surface area contributed by atoms with Crippen LogP contribution >= 0.6 is 23.2 Å². The molecule has 0 spiro atoms. The van der Waals surface area contributed by atoms with Crippen molar-refractivity contribution in [1.29, 1.82) is 0 Å². The third-order valence-corrected chi connectivity index (χ3v) is 4.24. The standard InChI is InChI=1S/C20H18Cl2N2O/c21-17-11-10-16(19(22)12-17)14-25-20-9-5-4-6-15(20)13-23-24-18-7-2-1-3-8-18/h1-12,23-24H,13-14H2. The van der Waals surface area contributed by atoms with Gasteiger partial charge in [0, 0.05) is 33.4 Å². The molecule has 0 heterocycles. The fraction of sp³-hybridized carbons (Fsp3) is 0.100. The Bertz CT molecular complexity index is 825. The Balaban J connectivity index is 1.60. The van der Waals surface area contributed by atoms with Crippen molar-refractivity contribution in [3.05, 3.63) is 94.0 Å². The number of halogens is 2. The minimum Gasteiger partial charge on any atom is -0.489 e. The Labute approximate surface area is 157 Å². The van der Waals surface area contributed by atoms with Crippen LogP contribution in [-0.4, -0.2) is 0 Å². The molecule has 0 bridgehead atoms. The normalized spacial score (nSPS) is 10.5. The molecule has 0 aliphatic rings. The average molecular weight is 373 g/mol. The van der Waals surface area contributed by atoms with Gasteiger partial charge < -0.3 is 10.2 Å². The summed E-state index contributed by atoms with van der Waals surface area (Å²) in [5.74, 6) is 0.816. The molecule has 3 aromatic carbocycles. The van der Waals surface area contributed by atoms with E-state index in [2.05, 4.69) is 10.9 Å². The largest absolute Gasteiger partial charge is 0.489 e. The van der Waals surface area contributed by atoms with Crippen molar-refractivity contribution in [2.45, 2.75) is 13.2 Å². The molecule has 0 radical (unpaired) electrons. The second-order valence-electron chi connectivity index (χ2n) is 5.48. The highest BCUT2D eigenvalue weighted by atomic mass is 35.5. The zero-order chi connectivity index (χ0) is 17.5. The smallest absolute Gasteiger partial charge is 0.124 e. The molecule has 3 aromatic rings. The molecule has 0 atom stereocenters. The molecule has 0 aromatic heterocycles. The molecule has 2 N–H and O–H groups in total. The highest BCUT2D eigenvalue weighted by Crippen LogP contribution is 2.24. The van der Waals surface area contributed by atoms with E-state index in [0.717, 1.165) is 22.6 Å². The second-order valence-corrected chi connectivity index (χ2v) is 6.32. The fourth-order valence-corrected chi connectivity index (χ4v) is 2.81. The number of hydrogen-bond acceptors (Lipinski definition) is 3. The van der Waals surface area contributed by atoms with Crippen molar-refractivity contribution in [3.8, 4) is 5.75 Å². The molecule has 3 rings (SSSR count). The van der Waals surface area contributed by atoms with Crippen molar-refractivity contribution >= 4 is 28.9 Å². The number of anilines is 1. The summed E-state index contributed by atoms with van der Waals surface area (Å²) < 4.78 is 5.95. The van der Waals surface area contributed by atoms with Crippen molar-refractivity contribution in [3.63, 3.8) is 0 Å². The lowest BCUT2D eigenvalue weighted by Gasteiger charge is -2.14. The maximum absolute atomic E-state index is 6.20. The van der Waals surface area contributed by atoms with Crippen LogP contribution in [-0.2, 0) is 13.2 Å². The molecule has 0 unspecified atom stereocenters. The summed E-state index contributed by atoms with van der Waals surface area (Å²) in [5.41, 5.74) is 9.33. The Morgan fingerprint density at radius 2 is 1.56 bits per heavy atom. The maximum atomic E-state index is 6.20.